The van der Waals surface area contributed by atoms with Crippen molar-refractivity contribution in [2.45, 2.75) is 44.6 Å². The van der Waals surface area contributed by atoms with E-state index in [1.807, 2.05) is 74.7 Å². The van der Waals surface area contributed by atoms with Crippen LogP contribution in [0.3, 0.4) is 0 Å². The summed E-state index contributed by atoms with van der Waals surface area (Å²) in [6.45, 7) is 8.39. The second kappa shape index (κ2) is 9.44. The standard InChI is InChI=1S/C25H26N4O2S/c1-16-9-8-10-17(2)22(16)26-24(30)19(4)32-25-28-27-23(21-13-14-31-18(21)3)29(25)15-20-11-6-5-7-12-20/h5-14,19H,15H2,1-4H3,(H,26,30). The maximum absolute atomic E-state index is 13.0. The third-order valence-electron chi connectivity index (χ3n) is 5.38. The lowest BCUT2D eigenvalue weighted by molar-refractivity contribution is -0.115. The average Bonchev–Trinajstić information content (AvgIpc) is 3.37. The van der Waals surface area contributed by atoms with E-state index < -0.39 is 0 Å². The van der Waals surface area contributed by atoms with Crippen LogP contribution >= 0.6 is 11.8 Å². The first kappa shape index (κ1) is 21.9. The summed E-state index contributed by atoms with van der Waals surface area (Å²) in [5.74, 6) is 1.44. The molecule has 0 saturated carbocycles. The van der Waals surface area contributed by atoms with Gasteiger partial charge in [-0.15, -0.1) is 10.2 Å². The second-order valence-electron chi connectivity index (χ2n) is 7.78. The molecule has 1 unspecified atom stereocenters. The molecule has 2 aromatic heterocycles. The molecule has 0 fully saturated rings. The quantitative estimate of drug-likeness (QED) is 0.372. The van der Waals surface area contributed by atoms with Crippen molar-refractivity contribution in [3.8, 4) is 11.4 Å². The molecular formula is C25H26N4O2S. The van der Waals surface area contributed by atoms with Gasteiger partial charge in [0.05, 0.1) is 23.6 Å². The Balaban J connectivity index is 1.61. The summed E-state index contributed by atoms with van der Waals surface area (Å²) < 4.78 is 7.53. The van der Waals surface area contributed by atoms with E-state index in [2.05, 4.69) is 27.6 Å². The van der Waals surface area contributed by atoms with Gasteiger partial charge in [-0.05, 0) is 50.5 Å². The average molecular weight is 447 g/mol. The molecule has 2 aromatic carbocycles. The molecule has 164 valence electrons. The van der Waals surface area contributed by atoms with Gasteiger partial charge in [0.25, 0.3) is 0 Å². The molecule has 0 aliphatic rings. The fraction of sp³-hybridized carbons (Fsp3) is 0.240. The number of amides is 1. The fourth-order valence-corrected chi connectivity index (χ4v) is 4.40. The third-order valence-corrected chi connectivity index (χ3v) is 6.46. The number of anilines is 1. The highest BCUT2D eigenvalue weighted by Gasteiger charge is 2.23. The number of rotatable bonds is 7. The van der Waals surface area contributed by atoms with Crippen molar-refractivity contribution in [1.82, 2.24) is 14.8 Å². The molecule has 1 N–H and O–H groups in total. The first-order valence-electron chi connectivity index (χ1n) is 10.5. The van der Waals surface area contributed by atoms with Gasteiger partial charge >= 0.3 is 0 Å². The molecule has 0 aliphatic carbocycles. The van der Waals surface area contributed by atoms with Crippen molar-refractivity contribution in [3.05, 3.63) is 83.3 Å². The highest BCUT2D eigenvalue weighted by Crippen LogP contribution is 2.30. The number of thioether (sulfide) groups is 1. The Labute approximate surface area is 192 Å². The Morgan fingerprint density at radius 1 is 1.03 bits per heavy atom. The van der Waals surface area contributed by atoms with Gasteiger partial charge in [-0.25, -0.2) is 0 Å². The van der Waals surface area contributed by atoms with Crippen LogP contribution < -0.4 is 5.32 Å². The van der Waals surface area contributed by atoms with Crippen molar-refractivity contribution < 1.29 is 9.21 Å². The number of benzene rings is 2. The summed E-state index contributed by atoms with van der Waals surface area (Å²) in [4.78, 5) is 13.0. The van der Waals surface area contributed by atoms with Crippen LogP contribution in [0.2, 0.25) is 0 Å². The molecular weight excluding hydrogens is 420 g/mol. The number of hydrogen-bond donors (Lipinski definition) is 1. The normalized spacial score (nSPS) is 12.0. The van der Waals surface area contributed by atoms with Gasteiger partial charge in [0.1, 0.15) is 5.76 Å². The van der Waals surface area contributed by atoms with Gasteiger partial charge in [0.2, 0.25) is 5.91 Å². The number of furan rings is 1. The van der Waals surface area contributed by atoms with E-state index in [1.54, 1.807) is 6.26 Å². The number of nitrogens with zero attached hydrogens (tertiary/aromatic N) is 3. The summed E-state index contributed by atoms with van der Waals surface area (Å²) in [7, 11) is 0. The van der Waals surface area contributed by atoms with Crippen LogP contribution in [-0.2, 0) is 11.3 Å². The number of carbonyl (C=O) groups is 1. The van der Waals surface area contributed by atoms with Crippen LogP contribution in [0.1, 0.15) is 29.4 Å². The topological polar surface area (TPSA) is 73.0 Å². The summed E-state index contributed by atoms with van der Waals surface area (Å²) in [6, 6.07) is 18.0. The van der Waals surface area contributed by atoms with Gasteiger partial charge < -0.3 is 9.73 Å². The highest BCUT2D eigenvalue weighted by molar-refractivity contribution is 8.00. The SMILES string of the molecule is Cc1cccc(C)c1NC(=O)C(C)Sc1nnc(-c2ccoc2C)n1Cc1ccccc1. The Kier molecular flexibility index (Phi) is 6.46. The van der Waals surface area contributed by atoms with Crippen molar-refractivity contribution in [3.63, 3.8) is 0 Å². The molecule has 6 nitrogen and oxygen atoms in total. The van der Waals surface area contributed by atoms with E-state index in [4.69, 9.17) is 4.42 Å². The number of aromatic nitrogens is 3. The van der Waals surface area contributed by atoms with Crippen LogP contribution in [0.15, 0.2) is 70.4 Å². The largest absolute Gasteiger partial charge is 0.469 e. The van der Waals surface area contributed by atoms with Crippen LogP contribution in [0.5, 0.6) is 0 Å². The zero-order valence-corrected chi connectivity index (χ0v) is 19.4. The van der Waals surface area contributed by atoms with Gasteiger partial charge in [-0.2, -0.15) is 0 Å². The van der Waals surface area contributed by atoms with Crippen LogP contribution in [-0.4, -0.2) is 25.9 Å². The summed E-state index contributed by atoms with van der Waals surface area (Å²) in [5, 5.41) is 12.3. The van der Waals surface area contributed by atoms with E-state index in [1.165, 1.54) is 11.8 Å². The molecule has 0 bridgehead atoms. The Morgan fingerprint density at radius 3 is 2.41 bits per heavy atom. The molecule has 4 aromatic rings. The number of aryl methyl sites for hydroxylation is 3. The van der Waals surface area contributed by atoms with E-state index in [0.29, 0.717) is 11.7 Å². The minimum absolute atomic E-state index is 0.0669. The first-order chi connectivity index (χ1) is 15.4. The first-order valence-corrected chi connectivity index (χ1v) is 11.4. The van der Waals surface area contributed by atoms with E-state index in [-0.39, 0.29) is 11.2 Å². The maximum atomic E-state index is 13.0. The predicted molar refractivity (Wildman–Crippen MR) is 128 cm³/mol. The molecule has 0 aliphatic heterocycles. The predicted octanol–water partition coefficient (Wildman–Crippen LogP) is 5.63. The van der Waals surface area contributed by atoms with Gasteiger partial charge in [-0.1, -0.05) is 60.3 Å². The molecule has 32 heavy (non-hydrogen) atoms. The molecule has 4 rings (SSSR count). The summed E-state index contributed by atoms with van der Waals surface area (Å²) >= 11 is 1.40. The van der Waals surface area contributed by atoms with Crippen molar-refractivity contribution in [2.24, 2.45) is 0 Å². The van der Waals surface area contributed by atoms with E-state index in [0.717, 1.165) is 39.5 Å². The third kappa shape index (κ3) is 4.62. The van der Waals surface area contributed by atoms with Gasteiger partial charge in [0.15, 0.2) is 11.0 Å². The van der Waals surface area contributed by atoms with Crippen LogP contribution in [0, 0.1) is 20.8 Å². The fourth-order valence-electron chi connectivity index (χ4n) is 3.55. The van der Waals surface area contributed by atoms with Crippen molar-refractivity contribution in [2.75, 3.05) is 5.32 Å². The van der Waals surface area contributed by atoms with E-state index >= 15 is 0 Å². The molecule has 0 radical (unpaired) electrons. The lowest BCUT2D eigenvalue weighted by Crippen LogP contribution is -2.24. The lowest BCUT2D eigenvalue weighted by atomic mass is 10.1. The van der Waals surface area contributed by atoms with Crippen LogP contribution in [0.4, 0.5) is 5.69 Å². The number of hydrogen-bond acceptors (Lipinski definition) is 5. The number of carbonyl (C=O) groups excluding carboxylic acids is 1. The van der Waals surface area contributed by atoms with Crippen molar-refractivity contribution >= 4 is 23.4 Å². The molecule has 7 heteroatoms. The van der Waals surface area contributed by atoms with Crippen LogP contribution in [0.25, 0.3) is 11.4 Å². The Hall–Kier alpha value is -3.32. The molecule has 1 atom stereocenters. The summed E-state index contributed by atoms with van der Waals surface area (Å²) in [5.41, 5.74) is 4.98. The molecule has 2 heterocycles. The molecule has 0 saturated heterocycles. The van der Waals surface area contributed by atoms with Crippen molar-refractivity contribution in [1.29, 1.82) is 0 Å². The minimum Gasteiger partial charge on any atom is -0.469 e. The lowest BCUT2D eigenvalue weighted by Gasteiger charge is -2.16. The monoisotopic (exact) mass is 446 g/mol. The van der Waals surface area contributed by atoms with Gasteiger partial charge in [0, 0.05) is 5.69 Å². The maximum Gasteiger partial charge on any atom is 0.237 e. The Bertz CT molecular complexity index is 1210. The van der Waals surface area contributed by atoms with Gasteiger partial charge in [-0.3, -0.25) is 9.36 Å². The smallest absolute Gasteiger partial charge is 0.237 e. The number of para-hydroxylation sites is 1. The van der Waals surface area contributed by atoms with E-state index in [9.17, 15) is 4.79 Å². The number of nitrogens with one attached hydrogen (secondary N) is 1. The zero-order valence-electron chi connectivity index (χ0n) is 18.6. The Morgan fingerprint density at radius 2 is 1.75 bits per heavy atom. The highest BCUT2D eigenvalue weighted by atomic mass is 32.2. The molecule has 0 spiro atoms. The zero-order chi connectivity index (χ0) is 22.7. The second-order valence-corrected chi connectivity index (χ2v) is 9.09. The minimum atomic E-state index is -0.356. The summed E-state index contributed by atoms with van der Waals surface area (Å²) in [6.07, 6.45) is 1.65. The molecule has 1 amide bonds.